The highest BCUT2D eigenvalue weighted by atomic mass is 15.1. The average molecular weight is 130 g/mol. The van der Waals surface area contributed by atoms with Gasteiger partial charge < -0.3 is 10.6 Å². The molecule has 0 atom stereocenters. The number of rotatable bonds is 5. The maximum Gasteiger partial charge on any atom is -0.000977 e. The molecule has 0 rings (SSSR count). The average Bonchev–Trinajstić information content (AvgIpc) is 1.85. The lowest BCUT2D eigenvalue weighted by atomic mass is 10.3. The van der Waals surface area contributed by atoms with Crippen molar-refractivity contribution in [2.45, 2.75) is 19.8 Å². The van der Waals surface area contributed by atoms with Crippen LogP contribution < -0.4 is 5.73 Å². The van der Waals surface area contributed by atoms with E-state index < -0.39 is 0 Å². The summed E-state index contributed by atoms with van der Waals surface area (Å²) in [4.78, 5) is 2.31. The van der Waals surface area contributed by atoms with Crippen LogP contribution in [0, 0.1) is 0 Å². The van der Waals surface area contributed by atoms with Gasteiger partial charge in [-0.1, -0.05) is 6.92 Å². The van der Waals surface area contributed by atoms with Crippen molar-refractivity contribution in [1.82, 2.24) is 4.90 Å². The van der Waals surface area contributed by atoms with Gasteiger partial charge in [-0.05, 0) is 39.5 Å². The van der Waals surface area contributed by atoms with E-state index in [9.17, 15) is 0 Å². The first-order chi connectivity index (χ1) is 4.31. The summed E-state index contributed by atoms with van der Waals surface area (Å²) in [5.41, 5.74) is 5.35. The van der Waals surface area contributed by atoms with E-state index >= 15 is 0 Å². The van der Waals surface area contributed by atoms with Crippen LogP contribution in [-0.2, 0) is 0 Å². The second-order valence-electron chi connectivity index (χ2n) is 2.45. The Morgan fingerprint density at radius 3 is 2.44 bits per heavy atom. The fourth-order valence-corrected chi connectivity index (χ4v) is 0.855. The van der Waals surface area contributed by atoms with Crippen LogP contribution in [0.1, 0.15) is 19.8 Å². The molecule has 56 valence electrons. The molecule has 9 heavy (non-hydrogen) atoms. The van der Waals surface area contributed by atoms with Crippen LogP contribution in [0.3, 0.4) is 0 Å². The van der Waals surface area contributed by atoms with Gasteiger partial charge in [-0.2, -0.15) is 0 Å². The SMILES string of the molecule is CCCN(C)CCCN. The van der Waals surface area contributed by atoms with Crippen LogP contribution in [0.4, 0.5) is 0 Å². The molecule has 0 aromatic heterocycles. The molecular weight excluding hydrogens is 112 g/mol. The van der Waals surface area contributed by atoms with Crippen molar-refractivity contribution in [2.24, 2.45) is 5.73 Å². The van der Waals surface area contributed by atoms with Crippen molar-refractivity contribution >= 4 is 0 Å². The van der Waals surface area contributed by atoms with E-state index in [1.54, 1.807) is 0 Å². The van der Waals surface area contributed by atoms with Gasteiger partial charge in [0, 0.05) is 0 Å². The molecule has 0 amide bonds. The fraction of sp³-hybridized carbons (Fsp3) is 1.00. The summed E-state index contributed by atoms with van der Waals surface area (Å²) in [6, 6.07) is 0. The van der Waals surface area contributed by atoms with E-state index in [-0.39, 0.29) is 0 Å². The van der Waals surface area contributed by atoms with Gasteiger partial charge in [0.1, 0.15) is 0 Å². The first-order valence-electron chi connectivity index (χ1n) is 3.70. The molecular formula is C7H18N2. The fourth-order valence-electron chi connectivity index (χ4n) is 0.855. The summed E-state index contributed by atoms with van der Waals surface area (Å²) in [6.07, 6.45) is 2.36. The molecule has 0 aliphatic heterocycles. The van der Waals surface area contributed by atoms with Crippen LogP contribution in [0.25, 0.3) is 0 Å². The molecule has 0 spiro atoms. The minimum absolute atomic E-state index is 0.814. The molecule has 0 unspecified atom stereocenters. The van der Waals surface area contributed by atoms with Gasteiger partial charge in [0.05, 0.1) is 0 Å². The van der Waals surface area contributed by atoms with Crippen molar-refractivity contribution in [3.63, 3.8) is 0 Å². The highest BCUT2D eigenvalue weighted by Crippen LogP contribution is 1.86. The minimum atomic E-state index is 0.814. The van der Waals surface area contributed by atoms with Crippen molar-refractivity contribution in [3.8, 4) is 0 Å². The third-order valence-corrected chi connectivity index (χ3v) is 1.35. The third kappa shape index (κ3) is 5.80. The second kappa shape index (κ2) is 6.05. The molecule has 0 fully saturated rings. The van der Waals surface area contributed by atoms with Crippen molar-refractivity contribution < 1.29 is 0 Å². The predicted molar refractivity (Wildman–Crippen MR) is 41.5 cm³/mol. The van der Waals surface area contributed by atoms with E-state index in [2.05, 4.69) is 18.9 Å². The number of hydrogen-bond acceptors (Lipinski definition) is 2. The zero-order chi connectivity index (χ0) is 7.11. The Balaban J connectivity index is 2.95. The first kappa shape index (κ1) is 8.92. The van der Waals surface area contributed by atoms with Crippen LogP contribution >= 0.6 is 0 Å². The molecule has 0 saturated heterocycles. The van der Waals surface area contributed by atoms with Gasteiger partial charge in [0.25, 0.3) is 0 Å². The molecule has 0 heterocycles. The zero-order valence-electron chi connectivity index (χ0n) is 6.56. The van der Waals surface area contributed by atoms with Gasteiger partial charge in [-0.3, -0.25) is 0 Å². The summed E-state index contributed by atoms with van der Waals surface area (Å²) in [5, 5.41) is 0. The van der Waals surface area contributed by atoms with Crippen molar-refractivity contribution in [1.29, 1.82) is 0 Å². The molecule has 0 radical (unpaired) electrons. The second-order valence-corrected chi connectivity index (χ2v) is 2.45. The Kier molecular flexibility index (Phi) is 5.99. The standard InChI is InChI=1S/C7H18N2/c1-3-6-9(2)7-4-5-8/h3-8H2,1-2H3. The van der Waals surface area contributed by atoms with Crippen LogP contribution in [0.15, 0.2) is 0 Å². The monoisotopic (exact) mass is 130 g/mol. The van der Waals surface area contributed by atoms with E-state index in [0.717, 1.165) is 19.5 Å². The largest absolute Gasteiger partial charge is 0.330 e. The van der Waals surface area contributed by atoms with Gasteiger partial charge >= 0.3 is 0 Å². The van der Waals surface area contributed by atoms with Crippen LogP contribution in [0.2, 0.25) is 0 Å². The van der Waals surface area contributed by atoms with E-state index in [4.69, 9.17) is 5.73 Å². The topological polar surface area (TPSA) is 29.3 Å². The summed E-state index contributed by atoms with van der Waals surface area (Å²) in [6.45, 7) is 5.34. The Morgan fingerprint density at radius 1 is 1.33 bits per heavy atom. The van der Waals surface area contributed by atoms with Crippen LogP contribution in [0.5, 0.6) is 0 Å². The molecule has 0 bridgehead atoms. The van der Waals surface area contributed by atoms with E-state index in [1.807, 2.05) is 0 Å². The summed E-state index contributed by atoms with van der Waals surface area (Å²) in [7, 11) is 2.14. The molecule has 0 aliphatic rings. The summed E-state index contributed by atoms with van der Waals surface area (Å²) >= 11 is 0. The highest BCUT2D eigenvalue weighted by molar-refractivity contribution is 4.49. The van der Waals surface area contributed by atoms with E-state index in [1.165, 1.54) is 13.0 Å². The minimum Gasteiger partial charge on any atom is -0.330 e. The van der Waals surface area contributed by atoms with E-state index in [0.29, 0.717) is 0 Å². The molecule has 2 heteroatoms. The molecule has 0 aromatic rings. The molecule has 0 saturated carbocycles. The van der Waals surface area contributed by atoms with Gasteiger partial charge in [0.15, 0.2) is 0 Å². The Labute approximate surface area is 58.0 Å². The maximum absolute atomic E-state index is 5.35. The predicted octanol–water partition coefficient (Wildman–Crippen LogP) is 0.677. The zero-order valence-corrected chi connectivity index (χ0v) is 6.56. The number of nitrogens with zero attached hydrogens (tertiary/aromatic N) is 1. The highest BCUT2D eigenvalue weighted by Gasteiger charge is 1.92. The Hall–Kier alpha value is -0.0800. The molecule has 0 aliphatic carbocycles. The third-order valence-electron chi connectivity index (χ3n) is 1.35. The lowest BCUT2D eigenvalue weighted by Crippen LogP contribution is -2.22. The number of nitrogens with two attached hydrogens (primary N) is 1. The molecule has 2 N–H and O–H groups in total. The summed E-state index contributed by atoms with van der Waals surface area (Å²) in [5.74, 6) is 0. The lowest BCUT2D eigenvalue weighted by molar-refractivity contribution is 0.332. The number of hydrogen-bond donors (Lipinski definition) is 1. The maximum atomic E-state index is 5.35. The van der Waals surface area contributed by atoms with Crippen molar-refractivity contribution in [3.05, 3.63) is 0 Å². The first-order valence-corrected chi connectivity index (χ1v) is 3.70. The Morgan fingerprint density at radius 2 is 2.00 bits per heavy atom. The van der Waals surface area contributed by atoms with Gasteiger partial charge in [-0.15, -0.1) is 0 Å². The Bertz CT molecular complexity index is 54.9. The van der Waals surface area contributed by atoms with Crippen LogP contribution in [-0.4, -0.2) is 31.6 Å². The molecule has 0 aromatic carbocycles. The lowest BCUT2D eigenvalue weighted by Gasteiger charge is -2.13. The quantitative estimate of drug-likeness (QED) is 0.593. The van der Waals surface area contributed by atoms with Gasteiger partial charge in [0.2, 0.25) is 0 Å². The van der Waals surface area contributed by atoms with Gasteiger partial charge in [-0.25, -0.2) is 0 Å². The molecule has 2 nitrogen and oxygen atoms in total. The normalized spacial score (nSPS) is 10.7. The summed E-state index contributed by atoms with van der Waals surface area (Å²) < 4.78 is 0. The smallest absolute Gasteiger partial charge is 0.000977 e. The van der Waals surface area contributed by atoms with Crippen molar-refractivity contribution in [2.75, 3.05) is 26.7 Å².